The van der Waals surface area contributed by atoms with Gasteiger partial charge in [0.15, 0.2) is 12.4 Å². The summed E-state index contributed by atoms with van der Waals surface area (Å²) in [6.07, 6.45) is -0.00201. The molecule has 1 heterocycles. The van der Waals surface area contributed by atoms with E-state index in [1.165, 1.54) is 18.3 Å². The van der Waals surface area contributed by atoms with Crippen molar-refractivity contribution in [1.29, 1.82) is 0 Å². The Morgan fingerprint density at radius 2 is 1.79 bits per heavy atom. The minimum atomic E-state index is -0.652. The first kappa shape index (κ1) is 25.1. The minimum absolute atomic E-state index is 0.0839. The fraction of sp³-hybridized carbons (Fsp3) is 0.714. The van der Waals surface area contributed by atoms with Crippen LogP contribution in [0.4, 0.5) is 4.79 Å². The highest BCUT2D eigenvalue weighted by molar-refractivity contribution is 7.12. The fourth-order valence-corrected chi connectivity index (χ4v) is 4.04. The molecule has 7 nitrogen and oxygen atoms in total. The fourth-order valence-electron chi connectivity index (χ4n) is 2.96. The van der Waals surface area contributed by atoms with Crippen molar-refractivity contribution in [3.8, 4) is 0 Å². The maximum absolute atomic E-state index is 12.6. The summed E-state index contributed by atoms with van der Waals surface area (Å²) < 4.78 is 11.0. The van der Waals surface area contributed by atoms with Gasteiger partial charge in [-0.3, -0.25) is 9.59 Å². The molecule has 0 spiro atoms. The lowest BCUT2D eigenvalue weighted by Gasteiger charge is -2.34. The lowest BCUT2D eigenvalue weighted by Crippen LogP contribution is -2.44. The van der Waals surface area contributed by atoms with Gasteiger partial charge in [0.2, 0.25) is 0 Å². The molecular weight excluding hydrogens is 392 g/mol. The topological polar surface area (TPSA) is 85.8 Å². The number of hydrogen-bond acceptors (Lipinski definition) is 7. The summed E-state index contributed by atoms with van der Waals surface area (Å²) in [7, 11) is 1.68. The predicted octanol–water partition coefficient (Wildman–Crippen LogP) is 4.96. The second-order valence-electron chi connectivity index (χ2n) is 8.81. The Hall–Kier alpha value is -1.96. The molecular formula is C21H34N2O5S. The predicted molar refractivity (Wildman–Crippen MR) is 113 cm³/mol. The van der Waals surface area contributed by atoms with E-state index in [2.05, 4.69) is 4.98 Å². The van der Waals surface area contributed by atoms with Gasteiger partial charge in [0.05, 0.1) is 0 Å². The highest BCUT2D eigenvalue weighted by Gasteiger charge is 2.33. The summed E-state index contributed by atoms with van der Waals surface area (Å²) >= 11 is 1.37. The van der Waals surface area contributed by atoms with Gasteiger partial charge >= 0.3 is 12.1 Å². The Morgan fingerprint density at radius 3 is 2.17 bits per heavy atom. The van der Waals surface area contributed by atoms with Gasteiger partial charge in [-0.1, -0.05) is 27.7 Å². The number of thiazole rings is 1. The standard InChI is InChI=1S/C21H34N2O5S/c1-12(2)16(23(9)20(26)28-21(6,7)8)10-17(27-14(5)25)19-22-15(11-24)18(29-19)13(3)4/h11-13,16-17H,10H2,1-9H3. The summed E-state index contributed by atoms with van der Waals surface area (Å²) in [4.78, 5) is 42.6. The lowest BCUT2D eigenvalue weighted by molar-refractivity contribution is -0.147. The van der Waals surface area contributed by atoms with E-state index in [9.17, 15) is 14.4 Å². The van der Waals surface area contributed by atoms with E-state index in [-0.39, 0.29) is 17.9 Å². The van der Waals surface area contributed by atoms with Gasteiger partial charge in [0.25, 0.3) is 0 Å². The van der Waals surface area contributed by atoms with Gasteiger partial charge in [0, 0.05) is 31.3 Å². The molecule has 1 rings (SSSR count). The number of hydrogen-bond donors (Lipinski definition) is 0. The maximum Gasteiger partial charge on any atom is 0.410 e. The van der Waals surface area contributed by atoms with Crippen LogP contribution in [-0.2, 0) is 14.3 Å². The molecule has 0 N–H and O–H groups in total. The number of rotatable bonds is 8. The second kappa shape index (κ2) is 10.2. The number of carbonyl (C=O) groups excluding carboxylic acids is 3. The maximum atomic E-state index is 12.6. The Kier molecular flexibility index (Phi) is 8.81. The monoisotopic (exact) mass is 426 g/mol. The SMILES string of the molecule is CC(=O)OC(CC(C(C)C)N(C)C(=O)OC(C)(C)C)c1nc(C=O)c(C(C)C)s1. The van der Waals surface area contributed by atoms with Crippen LogP contribution in [0, 0.1) is 5.92 Å². The molecule has 0 fully saturated rings. The zero-order valence-corrected chi connectivity index (χ0v) is 19.8. The van der Waals surface area contributed by atoms with Gasteiger partial charge in [-0.15, -0.1) is 11.3 Å². The number of amides is 1. The quantitative estimate of drug-likeness (QED) is 0.431. The van der Waals surface area contributed by atoms with E-state index < -0.39 is 23.8 Å². The van der Waals surface area contributed by atoms with E-state index in [0.717, 1.165) is 11.2 Å². The van der Waals surface area contributed by atoms with Gasteiger partial charge in [-0.2, -0.15) is 0 Å². The highest BCUT2D eigenvalue weighted by atomic mass is 32.1. The van der Waals surface area contributed by atoms with Crippen molar-refractivity contribution in [2.45, 2.75) is 85.5 Å². The van der Waals surface area contributed by atoms with Crippen LogP contribution in [0.25, 0.3) is 0 Å². The van der Waals surface area contributed by atoms with E-state index >= 15 is 0 Å². The van der Waals surface area contributed by atoms with Crippen LogP contribution in [0.3, 0.4) is 0 Å². The van der Waals surface area contributed by atoms with Crippen LogP contribution in [-0.4, -0.2) is 46.9 Å². The molecule has 8 heteroatoms. The van der Waals surface area contributed by atoms with Gasteiger partial charge in [-0.25, -0.2) is 9.78 Å². The number of carbonyl (C=O) groups is 3. The molecule has 1 amide bonds. The molecule has 0 aliphatic carbocycles. The van der Waals surface area contributed by atoms with E-state index in [0.29, 0.717) is 17.1 Å². The molecule has 2 unspecified atom stereocenters. The Labute approximate surface area is 177 Å². The molecule has 164 valence electrons. The molecule has 1 aromatic heterocycles. The van der Waals surface area contributed by atoms with Gasteiger partial charge in [-0.05, 0) is 32.6 Å². The van der Waals surface area contributed by atoms with Crippen LogP contribution in [0.2, 0.25) is 0 Å². The molecule has 1 aromatic rings. The van der Waals surface area contributed by atoms with Crippen molar-refractivity contribution in [2.24, 2.45) is 5.92 Å². The average molecular weight is 427 g/mol. The van der Waals surface area contributed by atoms with Crippen molar-refractivity contribution in [2.75, 3.05) is 7.05 Å². The number of aromatic nitrogens is 1. The zero-order valence-electron chi connectivity index (χ0n) is 18.9. The Balaban J connectivity index is 3.21. The van der Waals surface area contributed by atoms with Crippen LogP contribution in [0.5, 0.6) is 0 Å². The molecule has 0 aliphatic rings. The first-order valence-electron chi connectivity index (χ1n) is 9.85. The lowest BCUT2D eigenvalue weighted by atomic mass is 9.96. The van der Waals surface area contributed by atoms with Crippen molar-refractivity contribution < 1.29 is 23.9 Å². The molecule has 0 saturated heterocycles. The summed E-state index contributed by atoms with van der Waals surface area (Å²) in [6.45, 7) is 14.7. The van der Waals surface area contributed by atoms with Gasteiger partial charge < -0.3 is 14.4 Å². The Morgan fingerprint density at radius 1 is 1.21 bits per heavy atom. The van der Waals surface area contributed by atoms with Crippen LogP contribution in [0.15, 0.2) is 0 Å². The van der Waals surface area contributed by atoms with Crippen molar-refractivity contribution in [3.05, 3.63) is 15.6 Å². The smallest absolute Gasteiger partial charge is 0.410 e. The minimum Gasteiger partial charge on any atom is -0.455 e. The number of nitrogens with zero attached hydrogens (tertiary/aromatic N) is 2. The number of ether oxygens (including phenoxy) is 2. The van der Waals surface area contributed by atoms with Crippen molar-refractivity contribution >= 4 is 29.7 Å². The van der Waals surface area contributed by atoms with Crippen molar-refractivity contribution in [3.63, 3.8) is 0 Å². The third-order valence-corrected chi connectivity index (χ3v) is 5.79. The van der Waals surface area contributed by atoms with Crippen LogP contribution >= 0.6 is 11.3 Å². The van der Waals surface area contributed by atoms with E-state index in [1.807, 2.05) is 48.5 Å². The van der Waals surface area contributed by atoms with Gasteiger partial charge in [0.1, 0.15) is 16.3 Å². The first-order valence-corrected chi connectivity index (χ1v) is 10.7. The third-order valence-electron chi connectivity index (χ3n) is 4.32. The Bertz CT molecular complexity index is 721. The normalized spacial score (nSPS) is 13.9. The summed E-state index contributed by atoms with van der Waals surface area (Å²) in [5.41, 5.74) is -0.235. The number of esters is 1. The largest absolute Gasteiger partial charge is 0.455 e. The zero-order chi connectivity index (χ0) is 22.5. The summed E-state index contributed by atoms with van der Waals surface area (Å²) in [6, 6.07) is -0.250. The van der Waals surface area contributed by atoms with Crippen LogP contribution in [0.1, 0.15) is 94.2 Å². The molecule has 0 saturated carbocycles. The summed E-state index contributed by atoms with van der Waals surface area (Å²) in [5.74, 6) is -0.225. The summed E-state index contributed by atoms with van der Waals surface area (Å²) in [5, 5.41) is 0.564. The third kappa shape index (κ3) is 7.42. The van der Waals surface area contributed by atoms with Crippen molar-refractivity contribution in [1.82, 2.24) is 9.88 Å². The average Bonchev–Trinajstić information content (AvgIpc) is 3.00. The second-order valence-corrected chi connectivity index (χ2v) is 9.87. The number of aldehydes is 1. The van der Waals surface area contributed by atoms with Crippen LogP contribution < -0.4 is 0 Å². The van der Waals surface area contributed by atoms with E-state index in [1.54, 1.807) is 11.9 Å². The molecule has 0 aliphatic heterocycles. The van der Waals surface area contributed by atoms with E-state index in [4.69, 9.17) is 9.47 Å². The first-order chi connectivity index (χ1) is 13.3. The molecule has 0 radical (unpaired) electrons. The molecule has 0 aromatic carbocycles. The molecule has 29 heavy (non-hydrogen) atoms. The molecule has 0 bridgehead atoms. The highest BCUT2D eigenvalue weighted by Crippen LogP contribution is 2.35. The molecule has 2 atom stereocenters.